The summed E-state index contributed by atoms with van der Waals surface area (Å²) in [6.07, 6.45) is 11.6. The Morgan fingerprint density at radius 3 is 2.85 bits per heavy atom. The smallest absolute Gasteiger partial charge is 0.147 e. The van der Waals surface area contributed by atoms with E-state index in [1.165, 1.54) is 5.01 Å². The van der Waals surface area contributed by atoms with Crippen LogP contribution in [-0.4, -0.2) is 56.9 Å². The molecule has 4 N–H and O–H groups in total. The number of nitrogens with two attached hydrogens (primary N) is 1. The van der Waals surface area contributed by atoms with Crippen molar-refractivity contribution in [1.82, 2.24) is 30.3 Å². The zero-order valence-electron chi connectivity index (χ0n) is 18.1. The first kappa shape index (κ1) is 21.4. The lowest BCUT2D eigenvalue weighted by atomic mass is 10.0. The average molecular weight is 501 g/mol. The van der Waals surface area contributed by atoms with Crippen LogP contribution in [0.1, 0.15) is 10.7 Å². The maximum atomic E-state index is 6.67. The summed E-state index contributed by atoms with van der Waals surface area (Å²) in [5.74, 6) is 1.92. The van der Waals surface area contributed by atoms with Crippen LogP contribution in [0.3, 0.4) is 0 Å². The van der Waals surface area contributed by atoms with Gasteiger partial charge in [0.05, 0.1) is 10.3 Å². The Bertz CT molecular complexity index is 1150. The molecule has 2 aromatic heterocycles. The van der Waals surface area contributed by atoms with Crippen molar-refractivity contribution in [3.8, 4) is 0 Å². The third-order valence-electron chi connectivity index (χ3n) is 6.98. The van der Waals surface area contributed by atoms with Crippen LogP contribution in [0.15, 0.2) is 57.4 Å². The van der Waals surface area contributed by atoms with E-state index in [0.29, 0.717) is 23.4 Å². The molecule has 33 heavy (non-hydrogen) atoms. The Morgan fingerprint density at radius 2 is 2.21 bits per heavy atom. The summed E-state index contributed by atoms with van der Waals surface area (Å²) in [6.45, 7) is 4.76. The second-order valence-corrected chi connectivity index (χ2v) is 11.2. The van der Waals surface area contributed by atoms with Crippen LogP contribution in [0.2, 0.25) is 0 Å². The Labute approximate surface area is 205 Å². The number of thioether (sulfide) groups is 1. The second-order valence-electron chi connectivity index (χ2n) is 8.77. The summed E-state index contributed by atoms with van der Waals surface area (Å²) in [5, 5.41) is 15.9. The molecule has 1 saturated heterocycles. The number of piperidine rings is 1. The van der Waals surface area contributed by atoms with Crippen LogP contribution < -0.4 is 16.4 Å². The molecule has 3 aliphatic heterocycles. The van der Waals surface area contributed by atoms with E-state index < -0.39 is 0 Å². The highest BCUT2D eigenvalue weighted by atomic mass is 35.5. The Morgan fingerprint density at radius 1 is 1.36 bits per heavy atom. The van der Waals surface area contributed by atoms with Gasteiger partial charge in [-0.2, -0.15) is 5.10 Å². The average Bonchev–Trinajstić information content (AvgIpc) is 3.39. The van der Waals surface area contributed by atoms with Crippen molar-refractivity contribution < 1.29 is 0 Å². The largest absolute Gasteiger partial charge is 0.369 e. The van der Waals surface area contributed by atoms with Gasteiger partial charge in [-0.05, 0) is 37.1 Å². The quantitative estimate of drug-likeness (QED) is 0.560. The van der Waals surface area contributed by atoms with Gasteiger partial charge in [-0.1, -0.05) is 23.4 Å². The van der Waals surface area contributed by atoms with E-state index in [2.05, 4.69) is 32.9 Å². The second kappa shape index (κ2) is 8.28. The number of rotatable bonds is 6. The van der Waals surface area contributed by atoms with Gasteiger partial charge in [-0.25, -0.2) is 14.7 Å². The topological polar surface area (TPSA) is 96.4 Å². The molecule has 1 saturated carbocycles. The lowest BCUT2D eigenvalue weighted by Gasteiger charge is -2.31. The van der Waals surface area contributed by atoms with E-state index in [1.807, 2.05) is 37.0 Å². The molecule has 3 unspecified atom stereocenters. The van der Waals surface area contributed by atoms with Crippen LogP contribution >= 0.6 is 34.7 Å². The van der Waals surface area contributed by atoms with Gasteiger partial charge in [0, 0.05) is 60.9 Å². The summed E-state index contributed by atoms with van der Waals surface area (Å²) >= 11 is 10.0. The number of hydrogen-bond acceptors (Lipinski definition) is 9. The van der Waals surface area contributed by atoms with Crippen LogP contribution in [0.5, 0.6) is 0 Å². The predicted molar refractivity (Wildman–Crippen MR) is 135 cm³/mol. The molecule has 5 atom stereocenters. The van der Waals surface area contributed by atoms with E-state index in [9.17, 15) is 0 Å². The number of halogens is 1. The molecule has 6 rings (SSSR count). The number of aryl methyl sites for hydroxylation is 1. The van der Waals surface area contributed by atoms with Crippen LogP contribution in [-0.2, 0) is 5.41 Å². The first-order valence-corrected chi connectivity index (χ1v) is 13.1. The summed E-state index contributed by atoms with van der Waals surface area (Å²) in [6, 6.07) is 1.87. The Balaban J connectivity index is 1.08. The predicted octanol–water partition coefficient (Wildman–Crippen LogP) is 2.49. The molecule has 0 amide bonds. The number of hydrogen-bond donors (Lipinski definition) is 3. The van der Waals surface area contributed by atoms with Gasteiger partial charge in [-0.15, -0.1) is 11.3 Å². The third kappa shape index (κ3) is 3.55. The van der Waals surface area contributed by atoms with E-state index in [0.717, 1.165) is 29.6 Å². The van der Waals surface area contributed by atoms with Crippen LogP contribution in [0.25, 0.3) is 5.82 Å². The number of thiazole rings is 1. The molecule has 0 bridgehead atoms. The number of fused-ring (bicyclic) bond motifs is 1. The van der Waals surface area contributed by atoms with Gasteiger partial charge >= 0.3 is 0 Å². The van der Waals surface area contributed by atoms with E-state index in [4.69, 9.17) is 27.3 Å². The zero-order valence-corrected chi connectivity index (χ0v) is 20.4. The number of nitrogens with one attached hydrogen (secondary N) is 2. The number of likely N-dealkylation sites (tertiary alicyclic amines) is 1. The van der Waals surface area contributed by atoms with E-state index in [-0.39, 0.29) is 16.8 Å². The maximum absolute atomic E-state index is 6.67. The molecule has 172 valence electrons. The minimum absolute atomic E-state index is 0.0276. The lowest BCUT2D eigenvalue weighted by Crippen LogP contribution is -2.48. The van der Waals surface area contributed by atoms with Crippen molar-refractivity contribution in [3.05, 3.63) is 63.1 Å². The molecule has 2 fully saturated rings. The van der Waals surface area contributed by atoms with Gasteiger partial charge in [0.25, 0.3) is 0 Å². The van der Waals surface area contributed by atoms with Crippen molar-refractivity contribution in [2.75, 3.05) is 19.6 Å². The minimum atomic E-state index is -0.0276. The minimum Gasteiger partial charge on any atom is -0.369 e. The number of aliphatic imine (C=N–C) groups is 1. The van der Waals surface area contributed by atoms with Crippen molar-refractivity contribution in [1.29, 1.82) is 0 Å². The Kier molecular flexibility index (Phi) is 5.38. The van der Waals surface area contributed by atoms with Crippen LogP contribution in [0.4, 0.5) is 0 Å². The molecule has 0 aromatic carbocycles. The fourth-order valence-corrected chi connectivity index (χ4v) is 7.59. The molecule has 4 aliphatic rings. The van der Waals surface area contributed by atoms with Gasteiger partial charge in [0.1, 0.15) is 22.0 Å². The van der Waals surface area contributed by atoms with Gasteiger partial charge < -0.3 is 16.4 Å². The standard InChI is InChI=1S/C22H25ClN8S2/c1-13-11-32-21(29-13)22(12-24)14-9-30(10-15(14)22)17-7-27-18(8-26-17)33-16-3-5-25-20(19(16)23)31-6-2-4-28-31/h2-8,11,14-17,25-26H,9-10,12,24H2,1H3/t14-,15+,16?,17?,22?. The van der Waals surface area contributed by atoms with E-state index >= 15 is 0 Å². The van der Waals surface area contributed by atoms with Crippen molar-refractivity contribution in [2.45, 2.75) is 23.8 Å². The molecule has 2 aromatic rings. The fourth-order valence-electron chi connectivity index (χ4n) is 5.21. The molecule has 8 nitrogen and oxygen atoms in total. The van der Waals surface area contributed by atoms with Crippen LogP contribution in [0, 0.1) is 18.8 Å². The molecular formula is C22H25ClN8S2. The maximum Gasteiger partial charge on any atom is 0.147 e. The molecule has 1 aliphatic carbocycles. The number of aromatic nitrogens is 3. The molecule has 11 heteroatoms. The van der Waals surface area contributed by atoms with Gasteiger partial charge in [0.15, 0.2) is 0 Å². The normalized spacial score (nSPS) is 33.0. The zero-order chi connectivity index (χ0) is 22.6. The third-order valence-corrected chi connectivity index (χ3v) is 9.79. The number of nitrogens with zero attached hydrogens (tertiary/aromatic N) is 5. The molecular weight excluding hydrogens is 476 g/mol. The first-order valence-electron chi connectivity index (χ1n) is 11.0. The number of dihydropyridines is 1. The van der Waals surface area contributed by atoms with Gasteiger partial charge in [-0.3, -0.25) is 4.90 Å². The molecule has 0 radical (unpaired) electrons. The monoisotopic (exact) mass is 500 g/mol. The summed E-state index contributed by atoms with van der Waals surface area (Å²) < 4.78 is 1.74. The lowest BCUT2D eigenvalue weighted by molar-refractivity contribution is 0.230. The van der Waals surface area contributed by atoms with Gasteiger partial charge in [0.2, 0.25) is 0 Å². The van der Waals surface area contributed by atoms with E-state index in [1.54, 1.807) is 34.0 Å². The Hall–Kier alpha value is -2.11. The molecule has 0 spiro atoms. The highest BCUT2D eigenvalue weighted by Gasteiger charge is 2.69. The molecule has 5 heterocycles. The van der Waals surface area contributed by atoms with Crippen molar-refractivity contribution >= 4 is 46.7 Å². The van der Waals surface area contributed by atoms with Crippen molar-refractivity contribution in [3.63, 3.8) is 0 Å². The first-order chi connectivity index (χ1) is 16.1. The highest BCUT2D eigenvalue weighted by Crippen LogP contribution is 2.63. The SMILES string of the molecule is Cc1csc(C2(CN)[C@@H]3CN(C4C=NC(SC5C=CNC(n6cccn6)=C5Cl)=CN4)C[C@@H]32)n1. The summed E-state index contributed by atoms with van der Waals surface area (Å²) in [4.78, 5) is 12.0. The summed E-state index contributed by atoms with van der Waals surface area (Å²) in [7, 11) is 0. The van der Waals surface area contributed by atoms with Crippen molar-refractivity contribution in [2.24, 2.45) is 22.6 Å². The highest BCUT2D eigenvalue weighted by molar-refractivity contribution is 8.04. The fraction of sp³-hybridized carbons (Fsp3) is 0.409. The summed E-state index contributed by atoms with van der Waals surface area (Å²) in [5.41, 5.74) is 7.42.